The summed E-state index contributed by atoms with van der Waals surface area (Å²) in [5.74, 6) is -4.47. The number of carbonyl (C=O) groups is 4. The molecule has 33 heavy (non-hydrogen) atoms. The summed E-state index contributed by atoms with van der Waals surface area (Å²) < 4.78 is 27.5. The highest BCUT2D eigenvalue weighted by Gasteiger charge is 2.64. The van der Waals surface area contributed by atoms with Gasteiger partial charge in [0.25, 0.3) is 5.79 Å². The van der Waals surface area contributed by atoms with E-state index in [4.69, 9.17) is 28.5 Å². The van der Waals surface area contributed by atoms with Crippen molar-refractivity contribution in [1.29, 1.82) is 0 Å². The lowest BCUT2D eigenvalue weighted by Gasteiger charge is -2.47. The van der Waals surface area contributed by atoms with Crippen LogP contribution in [0, 0.1) is 0 Å². The van der Waals surface area contributed by atoms with E-state index >= 15 is 0 Å². The third-order valence-corrected chi connectivity index (χ3v) is 4.95. The lowest BCUT2D eigenvalue weighted by atomic mass is 9.88. The van der Waals surface area contributed by atoms with Crippen LogP contribution >= 0.6 is 0 Å². The first-order chi connectivity index (χ1) is 15.6. The van der Waals surface area contributed by atoms with Gasteiger partial charge in [0.05, 0.1) is 12.1 Å². The Balaban J connectivity index is 2.02. The molecule has 178 valence electrons. The molecule has 3 rings (SSSR count). The van der Waals surface area contributed by atoms with Crippen LogP contribution < -0.4 is 0 Å². The van der Waals surface area contributed by atoms with Crippen molar-refractivity contribution in [2.24, 2.45) is 5.16 Å². The summed E-state index contributed by atoms with van der Waals surface area (Å²) in [6.45, 7) is 4.33. The molecule has 1 spiro atoms. The first-order valence-corrected chi connectivity index (χ1v) is 10.2. The highest BCUT2D eigenvalue weighted by molar-refractivity contribution is 6.01. The Kier molecular flexibility index (Phi) is 7.32. The summed E-state index contributed by atoms with van der Waals surface area (Å²) in [7, 11) is 0. The van der Waals surface area contributed by atoms with Crippen molar-refractivity contribution in [2.75, 3.05) is 6.61 Å². The molecule has 0 N–H and O–H groups in total. The maximum Gasteiger partial charge on any atom is 0.303 e. The van der Waals surface area contributed by atoms with Crippen LogP contribution in [0.4, 0.5) is 0 Å². The smallest absolute Gasteiger partial charge is 0.303 e. The average Bonchev–Trinajstić information content (AvgIpc) is 3.16. The fourth-order valence-electron chi connectivity index (χ4n) is 3.77. The van der Waals surface area contributed by atoms with Crippen molar-refractivity contribution in [3.63, 3.8) is 0 Å². The van der Waals surface area contributed by atoms with Crippen LogP contribution in [0.25, 0.3) is 0 Å². The highest BCUT2D eigenvalue weighted by Crippen LogP contribution is 2.42. The van der Waals surface area contributed by atoms with Crippen LogP contribution in [0.1, 0.15) is 39.7 Å². The second-order valence-corrected chi connectivity index (χ2v) is 7.62. The molecule has 0 bridgehead atoms. The monoisotopic (exact) mass is 463 g/mol. The van der Waals surface area contributed by atoms with Crippen LogP contribution in [0.3, 0.4) is 0 Å². The number of ether oxygens (including phenoxy) is 5. The predicted octanol–water partition coefficient (Wildman–Crippen LogP) is 1.26. The van der Waals surface area contributed by atoms with Gasteiger partial charge < -0.3 is 28.5 Å². The van der Waals surface area contributed by atoms with Crippen molar-refractivity contribution in [3.8, 4) is 0 Å². The molecular weight excluding hydrogens is 438 g/mol. The van der Waals surface area contributed by atoms with Gasteiger partial charge in [-0.15, -0.1) is 0 Å². The first kappa shape index (κ1) is 24.2. The topological polar surface area (TPSA) is 136 Å². The first-order valence-electron chi connectivity index (χ1n) is 10.2. The quantitative estimate of drug-likeness (QED) is 0.448. The number of hydrogen-bond donors (Lipinski definition) is 0. The lowest BCUT2D eigenvalue weighted by molar-refractivity contribution is -0.357. The Morgan fingerprint density at radius 3 is 2.09 bits per heavy atom. The Labute approximate surface area is 189 Å². The van der Waals surface area contributed by atoms with E-state index in [1.165, 1.54) is 6.92 Å². The number of rotatable bonds is 6. The summed E-state index contributed by atoms with van der Waals surface area (Å²) in [6.07, 6.45) is -5.03. The molecule has 0 aromatic heterocycles. The molecule has 11 heteroatoms. The Bertz CT molecular complexity index is 946. The molecular formula is C22H25NO10. The average molecular weight is 463 g/mol. The summed E-state index contributed by atoms with van der Waals surface area (Å²) in [5.41, 5.74) is 1.23. The number of esters is 4. The molecule has 0 amide bonds. The maximum atomic E-state index is 12.0. The standard InChI is InChI=1S/C22H25NO10/c1-12(24)28-11-18-19(29-13(2)25)20(30-14(3)26)21(31-15(4)27)22(32-18)10-17(23-33-22)16-8-6-5-7-9-16/h5-9,18-21H,10-11H2,1-4H3/t18-,19-,20+,21-,22-/m1/s1. The molecule has 1 aromatic carbocycles. The zero-order valence-corrected chi connectivity index (χ0v) is 18.6. The van der Waals surface area contributed by atoms with Crippen LogP contribution in [0.15, 0.2) is 35.5 Å². The molecule has 1 saturated heterocycles. The number of nitrogens with zero attached hydrogens (tertiary/aromatic N) is 1. The second-order valence-electron chi connectivity index (χ2n) is 7.62. The molecule has 0 aliphatic carbocycles. The van der Waals surface area contributed by atoms with E-state index in [0.717, 1.165) is 26.3 Å². The number of benzene rings is 1. The van der Waals surface area contributed by atoms with E-state index in [-0.39, 0.29) is 13.0 Å². The molecule has 0 radical (unpaired) electrons. The van der Waals surface area contributed by atoms with Crippen LogP contribution in [0.5, 0.6) is 0 Å². The molecule has 2 aliphatic heterocycles. The van der Waals surface area contributed by atoms with Gasteiger partial charge in [0, 0.05) is 27.7 Å². The van der Waals surface area contributed by atoms with Crippen LogP contribution in [0.2, 0.25) is 0 Å². The lowest BCUT2D eigenvalue weighted by Crippen LogP contribution is -2.68. The minimum Gasteiger partial charge on any atom is -0.463 e. The van der Waals surface area contributed by atoms with Crippen molar-refractivity contribution < 1.29 is 47.7 Å². The van der Waals surface area contributed by atoms with E-state index in [1.54, 1.807) is 0 Å². The SMILES string of the molecule is CC(=O)OC[C@H]1O[C@@]2(CC(c3ccccc3)=NO2)[C@H](OC(C)=O)[C@@H](OC(C)=O)[C@@H]1OC(C)=O. The number of hydrogen-bond acceptors (Lipinski definition) is 11. The highest BCUT2D eigenvalue weighted by atomic mass is 16.8. The molecule has 0 unspecified atom stereocenters. The Morgan fingerprint density at radius 1 is 0.909 bits per heavy atom. The van der Waals surface area contributed by atoms with Crippen molar-refractivity contribution in [3.05, 3.63) is 35.9 Å². The predicted molar refractivity (Wildman–Crippen MR) is 110 cm³/mol. The van der Waals surface area contributed by atoms with Gasteiger partial charge in [-0.1, -0.05) is 35.5 Å². The molecule has 2 heterocycles. The molecule has 0 saturated carbocycles. The van der Waals surface area contributed by atoms with Gasteiger partial charge in [-0.2, -0.15) is 0 Å². The van der Waals surface area contributed by atoms with Crippen molar-refractivity contribution >= 4 is 29.6 Å². The summed E-state index contributed by atoms with van der Waals surface area (Å²) in [5, 5.41) is 4.11. The molecule has 5 atom stereocenters. The maximum absolute atomic E-state index is 12.0. The minimum atomic E-state index is -1.72. The molecule has 1 aromatic rings. The zero-order chi connectivity index (χ0) is 24.2. The van der Waals surface area contributed by atoms with Crippen LogP contribution in [-0.4, -0.2) is 66.4 Å². The fraction of sp³-hybridized carbons (Fsp3) is 0.500. The number of carbonyl (C=O) groups excluding carboxylic acids is 4. The summed E-state index contributed by atoms with van der Waals surface area (Å²) in [4.78, 5) is 52.8. The van der Waals surface area contributed by atoms with Crippen molar-refractivity contribution in [2.45, 2.75) is 64.3 Å². The normalized spacial score (nSPS) is 28.3. The second kappa shape index (κ2) is 9.99. The minimum absolute atomic E-state index is 0.0100. The van der Waals surface area contributed by atoms with E-state index < -0.39 is 54.1 Å². The van der Waals surface area contributed by atoms with Gasteiger partial charge in [-0.25, -0.2) is 0 Å². The van der Waals surface area contributed by atoms with E-state index in [0.29, 0.717) is 5.71 Å². The Morgan fingerprint density at radius 2 is 1.52 bits per heavy atom. The molecule has 2 aliphatic rings. The third-order valence-electron chi connectivity index (χ3n) is 4.95. The molecule has 11 nitrogen and oxygen atoms in total. The number of oxime groups is 1. The van der Waals surface area contributed by atoms with E-state index in [2.05, 4.69) is 5.16 Å². The van der Waals surface area contributed by atoms with Gasteiger partial charge in [-0.05, 0) is 5.56 Å². The Hall–Kier alpha value is -3.47. The zero-order valence-electron chi connectivity index (χ0n) is 18.6. The van der Waals surface area contributed by atoms with Gasteiger partial charge in [0.15, 0.2) is 12.2 Å². The summed E-state index contributed by atoms with van der Waals surface area (Å²) >= 11 is 0. The van der Waals surface area contributed by atoms with E-state index in [9.17, 15) is 19.2 Å². The largest absolute Gasteiger partial charge is 0.463 e. The van der Waals surface area contributed by atoms with Gasteiger partial charge >= 0.3 is 23.9 Å². The summed E-state index contributed by atoms with van der Waals surface area (Å²) in [6, 6.07) is 9.09. The van der Waals surface area contributed by atoms with Gasteiger partial charge in [0.1, 0.15) is 12.7 Å². The van der Waals surface area contributed by atoms with E-state index in [1.807, 2.05) is 30.3 Å². The molecule has 1 fully saturated rings. The van der Waals surface area contributed by atoms with Gasteiger partial charge in [0.2, 0.25) is 6.10 Å². The van der Waals surface area contributed by atoms with Crippen molar-refractivity contribution in [1.82, 2.24) is 0 Å². The fourth-order valence-corrected chi connectivity index (χ4v) is 3.77. The van der Waals surface area contributed by atoms with Gasteiger partial charge in [-0.3, -0.25) is 19.2 Å². The third kappa shape index (κ3) is 5.67. The van der Waals surface area contributed by atoms with Crippen LogP contribution in [-0.2, 0) is 47.7 Å².